The molecule has 0 fully saturated rings. The fourth-order valence-corrected chi connectivity index (χ4v) is 1.13. The van der Waals surface area contributed by atoms with Gasteiger partial charge in [-0.05, 0) is 6.42 Å². The van der Waals surface area contributed by atoms with E-state index in [-0.39, 0.29) is 5.48 Å². The van der Waals surface area contributed by atoms with Gasteiger partial charge in [0, 0.05) is 9.47 Å². The minimum absolute atomic E-state index is 0. The van der Waals surface area contributed by atoms with Crippen LogP contribution in [0, 0.1) is 0 Å². The number of hydrogen-bond donors (Lipinski definition) is 0. The van der Waals surface area contributed by atoms with Gasteiger partial charge in [0.05, 0.1) is 6.61 Å². The summed E-state index contributed by atoms with van der Waals surface area (Å²) >= 11 is 0. The monoisotopic (exact) mass is 180 g/mol. The summed E-state index contributed by atoms with van der Waals surface area (Å²) in [6.45, 7) is 3.14. The van der Waals surface area contributed by atoms with Gasteiger partial charge in [0.25, 0.3) is 0 Å². The highest BCUT2D eigenvalue weighted by Crippen LogP contribution is 2.05. The van der Waals surface area contributed by atoms with Crippen LogP contribution >= 0.6 is 9.47 Å². The molecule has 70 valence electrons. The average Bonchev–Trinajstić information content (AvgIpc) is 1.97. The number of hydrogen-bond acceptors (Lipinski definition) is 1. The maximum atomic E-state index is 4.87. The number of unbranched alkanes of at least 4 members (excludes halogenated alkanes) is 5. The largest absolute Gasteiger partial charge is 0.412 e. The molecule has 0 aromatic carbocycles. The van der Waals surface area contributed by atoms with Gasteiger partial charge >= 0.3 is 0 Å². The lowest BCUT2D eigenvalue weighted by Gasteiger charge is -1.98. The van der Waals surface area contributed by atoms with E-state index in [4.69, 9.17) is 4.52 Å². The van der Waals surface area contributed by atoms with E-state index in [1.165, 1.54) is 38.5 Å². The van der Waals surface area contributed by atoms with E-state index in [9.17, 15) is 0 Å². The van der Waals surface area contributed by atoms with E-state index >= 15 is 0 Å². The van der Waals surface area contributed by atoms with Gasteiger partial charge in [-0.25, -0.2) is 0 Å². The Balaban J connectivity index is 0. The first kappa shape index (κ1) is 13.9. The maximum Gasteiger partial charge on any atom is 0.0501 e. The molecule has 1 atom stereocenters. The smallest absolute Gasteiger partial charge is 0.0501 e. The van der Waals surface area contributed by atoms with Gasteiger partial charge in [-0.15, -0.1) is 0 Å². The molecule has 0 aromatic rings. The van der Waals surface area contributed by atoms with E-state index in [0.29, 0.717) is 0 Å². The molecule has 0 aliphatic heterocycles. The molecule has 0 saturated carbocycles. The van der Waals surface area contributed by atoms with Crippen molar-refractivity contribution in [1.82, 2.24) is 0 Å². The van der Waals surface area contributed by atoms with Gasteiger partial charge in [0.15, 0.2) is 0 Å². The predicted molar refractivity (Wildman–Crippen MR) is 52.7 cm³/mol. The van der Waals surface area contributed by atoms with Gasteiger partial charge in [-0.2, -0.15) is 0 Å². The Morgan fingerprint density at radius 1 is 1.00 bits per heavy atom. The van der Waals surface area contributed by atoms with Crippen LogP contribution in [0.3, 0.4) is 0 Å². The summed E-state index contributed by atoms with van der Waals surface area (Å²) in [7, 11) is 2.29. The van der Waals surface area contributed by atoms with Crippen molar-refractivity contribution in [3.63, 3.8) is 0 Å². The van der Waals surface area contributed by atoms with Crippen molar-refractivity contribution in [2.24, 2.45) is 0 Å². The van der Waals surface area contributed by atoms with Gasteiger partial charge in [0.2, 0.25) is 0 Å². The molecule has 11 heavy (non-hydrogen) atoms. The van der Waals surface area contributed by atoms with Crippen LogP contribution in [0.2, 0.25) is 0 Å². The van der Waals surface area contributed by atoms with Gasteiger partial charge in [-0.1, -0.05) is 39.0 Å². The third kappa shape index (κ3) is 13.4. The summed E-state index contributed by atoms with van der Waals surface area (Å²) in [6, 6.07) is 0. The number of rotatable bonds is 7. The van der Waals surface area contributed by atoms with Crippen molar-refractivity contribution >= 4 is 9.47 Å². The van der Waals surface area contributed by atoms with Crippen LogP contribution in [0.4, 0.5) is 0 Å². The molecule has 0 radical (unpaired) electrons. The first-order valence-electron chi connectivity index (χ1n) is 4.23. The van der Waals surface area contributed by atoms with Gasteiger partial charge < -0.3 is 10.00 Å². The maximum absolute atomic E-state index is 4.87. The zero-order valence-electron chi connectivity index (χ0n) is 7.44. The van der Waals surface area contributed by atoms with Crippen molar-refractivity contribution in [2.45, 2.75) is 45.4 Å². The molecule has 0 aromatic heterocycles. The third-order valence-electron chi connectivity index (χ3n) is 1.62. The van der Waals surface area contributed by atoms with Crippen LogP contribution < -0.4 is 0 Å². The summed E-state index contributed by atoms with van der Waals surface area (Å²) in [5.74, 6) is 0. The molecular formula is C8H21O2P. The van der Waals surface area contributed by atoms with Crippen molar-refractivity contribution in [2.75, 3.05) is 6.61 Å². The lowest BCUT2D eigenvalue weighted by atomic mass is 10.1. The lowest BCUT2D eigenvalue weighted by molar-refractivity contribution is 0.353. The molecule has 0 spiro atoms. The lowest BCUT2D eigenvalue weighted by Crippen LogP contribution is -1.84. The molecule has 0 aliphatic carbocycles. The van der Waals surface area contributed by atoms with Crippen LogP contribution in [0.1, 0.15) is 45.4 Å². The van der Waals surface area contributed by atoms with Crippen LogP contribution in [0.5, 0.6) is 0 Å². The van der Waals surface area contributed by atoms with E-state index < -0.39 is 0 Å². The summed E-state index contributed by atoms with van der Waals surface area (Å²) in [6.07, 6.45) is 8.04. The third-order valence-corrected chi connectivity index (χ3v) is 1.85. The Labute approximate surface area is 72.3 Å². The topological polar surface area (TPSA) is 40.7 Å². The van der Waals surface area contributed by atoms with Crippen LogP contribution in [-0.4, -0.2) is 12.1 Å². The summed E-state index contributed by atoms with van der Waals surface area (Å²) in [5, 5.41) is 0. The molecule has 3 heteroatoms. The fraction of sp³-hybridized carbons (Fsp3) is 1.00. The Bertz CT molecular complexity index is 52.1. The molecule has 0 amide bonds. The first-order chi connectivity index (χ1) is 4.91. The van der Waals surface area contributed by atoms with E-state index in [1.807, 2.05) is 0 Å². The Kier molecular flexibility index (Phi) is 16.4. The second-order valence-corrected chi connectivity index (χ2v) is 2.97. The highest BCUT2D eigenvalue weighted by molar-refractivity contribution is 7.09. The predicted octanol–water partition coefficient (Wildman–Crippen LogP) is 2.33. The van der Waals surface area contributed by atoms with Gasteiger partial charge in [-0.3, -0.25) is 0 Å². The standard InChI is InChI=1S/C8H19OP.H2O/c1-2-3-4-5-6-7-8-9-10;/h2-8,10H2,1H3;1H2. The zero-order valence-corrected chi connectivity index (χ0v) is 8.59. The highest BCUT2D eigenvalue weighted by Gasteiger charge is 1.87. The molecule has 0 rings (SSSR count). The molecule has 0 aliphatic rings. The molecule has 2 N–H and O–H groups in total. The van der Waals surface area contributed by atoms with Gasteiger partial charge in [0.1, 0.15) is 0 Å². The summed E-state index contributed by atoms with van der Waals surface area (Å²) < 4.78 is 4.87. The van der Waals surface area contributed by atoms with E-state index in [2.05, 4.69) is 16.4 Å². The van der Waals surface area contributed by atoms with Crippen molar-refractivity contribution in [1.29, 1.82) is 0 Å². The van der Waals surface area contributed by atoms with E-state index in [1.54, 1.807) is 0 Å². The SMILES string of the molecule is CCCCCCCCOP.O. The Hall–Kier alpha value is 0.350. The summed E-state index contributed by atoms with van der Waals surface area (Å²) in [4.78, 5) is 0. The molecule has 2 nitrogen and oxygen atoms in total. The second-order valence-electron chi connectivity index (χ2n) is 2.64. The average molecular weight is 180 g/mol. The Morgan fingerprint density at radius 2 is 1.55 bits per heavy atom. The Morgan fingerprint density at radius 3 is 2.09 bits per heavy atom. The van der Waals surface area contributed by atoms with Crippen LogP contribution in [-0.2, 0) is 4.52 Å². The molecular weight excluding hydrogens is 159 g/mol. The zero-order chi connectivity index (χ0) is 7.66. The minimum Gasteiger partial charge on any atom is -0.412 e. The van der Waals surface area contributed by atoms with E-state index in [0.717, 1.165) is 6.61 Å². The second kappa shape index (κ2) is 13.0. The van der Waals surface area contributed by atoms with Crippen LogP contribution in [0.25, 0.3) is 0 Å². The molecule has 0 saturated heterocycles. The first-order valence-corrected chi connectivity index (χ1v) is 4.70. The summed E-state index contributed by atoms with van der Waals surface area (Å²) in [5.41, 5.74) is 0. The van der Waals surface area contributed by atoms with Crippen molar-refractivity contribution < 1.29 is 10.00 Å². The molecule has 1 unspecified atom stereocenters. The minimum atomic E-state index is 0. The van der Waals surface area contributed by atoms with Crippen molar-refractivity contribution in [3.05, 3.63) is 0 Å². The normalized spacial score (nSPS) is 9.27. The molecule has 0 bridgehead atoms. The molecule has 0 heterocycles. The fourth-order valence-electron chi connectivity index (χ4n) is 0.966. The quantitative estimate of drug-likeness (QED) is 0.438. The highest BCUT2D eigenvalue weighted by atomic mass is 31.0. The van der Waals surface area contributed by atoms with Crippen molar-refractivity contribution in [3.8, 4) is 0 Å². The van der Waals surface area contributed by atoms with Crippen LogP contribution in [0.15, 0.2) is 0 Å².